The van der Waals surface area contributed by atoms with Crippen molar-refractivity contribution in [2.45, 2.75) is 38.3 Å². The van der Waals surface area contributed by atoms with Crippen LogP contribution >= 0.6 is 0 Å². The maximum absolute atomic E-state index is 13.6. The molecule has 1 atom stereocenters. The zero-order valence-electron chi connectivity index (χ0n) is 21.2. The number of hydrogen-bond donors (Lipinski definition) is 2. The van der Waals surface area contributed by atoms with Gasteiger partial charge in [0.2, 0.25) is 0 Å². The molecule has 1 aliphatic heterocycles. The van der Waals surface area contributed by atoms with Crippen molar-refractivity contribution >= 4 is 11.4 Å². The fourth-order valence-electron chi connectivity index (χ4n) is 5.25. The van der Waals surface area contributed by atoms with Crippen LogP contribution in [0.15, 0.2) is 66.7 Å². The number of benzene rings is 3. The second-order valence-corrected chi connectivity index (χ2v) is 10.1. The third kappa shape index (κ3) is 6.92. The average molecular weight is 568 g/mol. The highest BCUT2D eigenvalue weighted by Gasteiger charge is 2.40. The smallest absolute Gasteiger partial charge is 0.391 e. The van der Waals surface area contributed by atoms with Crippen LogP contribution in [0.25, 0.3) is 0 Å². The lowest BCUT2D eigenvalue weighted by Crippen LogP contribution is -2.36. The summed E-state index contributed by atoms with van der Waals surface area (Å²) in [4.78, 5) is 12.6. The van der Waals surface area contributed by atoms with Crippen LogP contribution in [0.1, 0.15) is 34.2 Å². The lowest BCUT2D eigenvalue weighted by atomic mass is 9.80. The third-order valence-corrected chi connectivity index (χ3v) is 7.19. The van der Waals surface area contributed by atoms with Crippen molar-refractivity contribution in [1.82, 2.24) is 4.90 Å². The second kappa shape index (κ2) is 11.5. The van der Waals surface area contributed by atoms with E-state index in [9.17, 15) is 41.6 Å². The summed E-state index contributed by atoms with van der Waals surface area (Å²) in [6.07, 6.45) is -8.38. The van der Waals surface area contributed by atoms with Gasteiger partial charge in [-0.3, -0.25) is 15.0 Å². The summed E-state index contributed by atoms with van der Waals surface area (Å²) < 4.78 is 80.8. The van der Waals surface area contributed by atoms with Gasteiger partial charge < -0.3 is 10.4 Å². The number of nitro groups is 1. The fraction of sp³-hybridized carbons (Fsp3) is 0.357. The molecule has 214 valence electrons. The van der Waals surface area contributed by atoms with E-state index in [1.54, 1.807) is 12.1 Å². The molecule has 0 aromatic heterocycles. The van der Waals surface area contributed by atoms with Gasteiger partial charge in [-0.2, -0.15) is 26.3 Å². The van der Waals surface area contributed by atoms with Crippen LogP contribution in [0, 0.1) is 15.5 Å². The van der Waals surface area contributed by atoms with Crippen molar-refractivity contribution < 1.29 is 36.4 Å². The highest BCUT2D eigenvalue weighted by atomic mass is 19.4. The van der Waals surface area contributed by atoms with Crippen molar-refractivity contribution in [3.63, 3.8) is 0 Å². The number of likely N-dealkylation sites (tertiary alicyclic amines) is 1. The van der Waals surface area contributed by atoms with Crippen LogP contribution in [0.4, 0.5) is 37.7 Å². The van der Waals surface area contributed by atoms with E-state index in [0.29, 0.717) is 30.8 Å². The van der Waals surface area contributed by atoms with Gasteiger partial charge in [-0.25, -0.2) is 0 Å². The van der Waals surface area contributed by atoms with E-state index in [0.717, 1.165) is 18.2 Å². The molecule has 3 aromatic carbocycles. The summed E-state index contributed by atoms with van der Waals surface area (Å²) in [6, 6.07) is 14.5. The largest absolute Gasteiger partial charge is 0.416 e. The van der Waals surface area contributed by atoms with Crippen LogP contribution in [-0.4, -0.2) is 34.6 Å². The Morgan fingerprint density at radius 3 is 2.38 bits per heavy atom. The van der Waals surface area contributed by atoms with Gasteiger partial charge in [-0.15, -0.1) is 0 Å². The van der Waals surface area contributed by atoms with Crippen LogP contribution in [0.5, 0.6) is 0 Å². The molecule has 2 N–H and O–H groups in total. The molecule has 4 rings (SSSR count). The number of aliphatic hydroxyl groups is 1. The molecule has 40 heavy (non-hydrogen) atoms. The number of anilines is 1. The van der Waals surface area contributed by atoms with Gasteiger partial charge in [-0.1, -0.05) is 36.4 Å². The first-order chi connectivity index (χ1) is 18.8. The molecule has 1 saturated heterocycles. The topological polar surface area (TPSA) is 78.6 Å². The van der Waals surface area contributed by atoms with E-state index in [4.69, 9.17) is 0 Å². The lowest BCUT2D eigenvalue weighted by molar-refractivity contribution is -0.385. The Morgan fingerprint density at radius 2 is 1.70 bits per heavy atom. The standard InChI is InChI=1S/C28H27F6N3O3/c29-27(30,31)22-6-3-4-19(12-22)14-26(17-35-23-9-8-21(16-38)25(13-23)37(39)40)10-11-36(18-26)15-20-5-1-2-7-24(20)28(32,33)34/h1-9,12-13,35,38H,10-11,14-18H2. The number of alkyl halides is 6. The highest BCUT2D eigenvalue weighted by Crippen LogP contribution is 2.39. The Labute approximate surface area is 226 Å². The molecular formula is C28H27F6N3O3. The number of nitrogens with one attached hydrogen (secondary N) is 1. The molecule has 0 aliphatic carbocycles. The summed E-state index contributed by atoms with van der Waals surface area (Å²) >= 11 is 0. The van der Waals surface area contributed by atoms with Gasteiger partial charge in [0.25, 0.3) is 5.69 Å². The molecule has 0 saturated carbocycles. The summed E-state index contributed by atoms with van der Waals surface area (Å²) in [6.45, 7) is 0.396. The monoisotopic (exact) mass is 567 g/mol. The maximum atomic E-state index is 13.6. The van der Waals surface area contributed by atoms with Gasteiger partial charge in [-0.05, 0) is 54.8 Å². The molecular weight excluding hydrogens is 540 g/mol. The minimum absolute atomic E-state index is 0.0106. The number of rotatable bonds is 9. The number of aliphatic hydroxyl groups excluding tert-OH is 1. The zero-order valence-corrected chi connectivity index (χ0v) is 21.2. The molecule has 0 radical (unpaired) electrons. The Balaban J connectivity index is 1.61. The number of halogens is 6. The molecule has 0 spiro atoms. The normalized spacial score (nSPS) is 18.2. The van der Waals surface area contributed by atoms with E-state index in [1.165, 1.54) is 36.4 Å². The third-order valence-electron chi connectivity index (χ3n) is 7.19. The first-order valence-electron chi connectivity index (χ1n) is 12.5. The van der Waals surface area contributed by atoms with E-state index in [2.05, 4.69) is 5.32 Å². The second-order valence-electron chi connectivity index (χ2n) is 10.1. The number of hydrogen-bond acceptors (Lipinski definition) is 5. The Kier molecular flexibility index (Phi) is 8.41. The Hall–Kier alpha value is -3.64. The van der Waals surface area contributed by atoms with Gasteiger partial charge in [0.05, 0.1) is 28.2 Å². The quantitative estimate of drug-likeness (QED) is 0.172. The van der Waals surface area contributed by atoms with Crippen LogP contribution in [0.2, 0.25) is 0 Å². The molecule has 0 amide bonds. The summed E-state index contributed by atoms with van der Waals surface area (Å²) in [7, 11) is 0. The van der Waals surface area contributed by atoms with Crippen molar-refractivity contribution in [1.29, 1.82) is 0 Å². The van der Waals surface area contributed by atoms with Crippen molar-refractivity contribution in [3.8, 4) is 0 Å². The minimum Gasteiger partial charge on any atom is -0.391 e. The number of nitrogens with zero attached hydrogens (tertiary/aromatic N) is 2. The van der Waals surface area contributed by atoms with Crippen LogP contribution < -0.4 is 5.32 Å². The molecule has 6 nitrogen and oxygen atoms in total. The van der Waals surface area contributed by atoms with Gasteiger partial charge in [0.1, 0.15) is 0 Å². The van der Waals surface area contributed by atoms with Gasteiger partial charge >= 0.3 is 12.4 Å². The molecule has 1 unspecified atom stereocenters. The van der Waals surface area contributed by atoms with E-state index in [1.807, 2.05) is 4.90 Å². The van der Waals surface area contributed by atoms with Crippen LogP contribution in [-0.2, 0) is 31.9 Å². The molecule has 12 heteroatoms. The summed E-state index contributed by atoms with van der Waals surface area (Å²) in [5.74, 6) is 0. The van der Waals surface area contributed by atoms with Gasteiger partial charge in [0.15, 0.2) is 0 Å². The number of nitro benzene ring substituents is 1. The average Bonchev–Trinajstić information content (AvgIpc) is 3.28. The predicted octanol–water partition coefficient (Wildman–Crippen LogP) is 6.67. The van der Waals surface area contributed by atoms with E-state index in [-0.39, 0.29) is 36.3 Å². The van der Waals surface area contributed by atoms with Gasteiger partial charge in [0, 0.05) is 36.8 Å². The SMILES string of the molecule is O=[N+]([O-])c1cc(NCC2(Cc3cccc(C(F)(F)F)c3)CCN(Cc3ccccc3C(F)(F)F)C2)ccc1CO. The first-order valence-corrected chi connectivity index (χ1v) is 12.5. The summed E-state index contributed by atoms with van der Waals surface area (Å²) in [5, 5.41) is 23.9. The van der Waals surface area contributed by atoms with Crippen LogP contribution in [0.3, 0.4) is 0 Å². The summed E-state index contributed by atoms with van der Waals surface area (Å²) in [5.41, 5.74) is -1.45. The Bertz CT molecular complexity index is 1360. The first kappa shape index (κ1) is 29.3. The van der Waals surface area contributed by atoms with E-state index >= 15 is 0 Å². The van der Waals surface area contributed by atoms with E-state index < -0.39 is 40.4 Å². The maximum Gasteiger partial charge on any atom is 0.416 e. The van der Waals surface area contributed by atoms with Crippen molar-refractivity contribution in [2.75, 3.05) is 25.0 Å². The molecule has 3 aromatic rings. The molecule has 0 bridgehead atoms. The zero-order chi connectivity index (χ0) is 29.1. The lowest BCUT2D eigenvalue weighted by Gasteiger charge is -2.31. The predicted molar refractivity (Wildman–Crippen MR) is 136 cm³/mol. The van der Waals surface area contributed by atoms with Crippen molar-refractivity contribution in [2.24, 2.45) is 5.41 Å². The molecule has 1 aliphatic rings. The minimum atomic E-state index is -4.53. The Morgan fingerprint density at radius 1 is 0.950 bits per heavy atom. The molecule has 1 fully saturated rings. The molecule has 1 heterocycles. The van der Waals surface area contributed by atoms with Crippen molar-refractivity contribution in [3.05, 3.63) is 105 Å². The fourth-order valence-corrected chi connectivity index (χ4v) is 5.25. The highest BCUT2D eigenvalue weighted by molar-refractivity contribution is 5.55.